The third kappa shape index (κ3) is 3.80. The van der Waals surface area contributed by atoms with Crippen LogP contribution >= 0.6 is 0 Å². The monoisotopic (exact) mass is 384 g/mol. The first-order chi connectivity index (χ1) is 11.0. The van der Waals surface area contributed by atoms with Crippen LogP contribution in [0.3, 0.4) is 0 Å². The van der Waals surface area contributed by atoms with Crippen molar-refractivity contribution in [1.29, 1.82) is 0 Å². The van der Waals surface area contributed by atoms with Crippen LogP contribution in [0.1, 0.15) is 18.9 Å². The number of alkyl halides is 9. The lowest BCUT2D eigenvalue weighted by atomic mass is 9.86. The minimum atomic E-state index is -6.99. The zero-order valence-corrected chi connectivity index (χ0v) is 12.8. The highest BCUT2D eigenvalue weighted by Gasteiger charge is 2.81. The molecule has 1 rings (SSSR count). The van der Waals surface area contributed by atoms with Crippen LogP contribution in [0.5, 0.6) is 5.75 Å². The average Bonchev–Trinajstić information content (AvgIpc) is 2.44. The van der Waals surface area contributed by atoms with Gasteiger partial charge in [-0.2, -0.15) is 39.5 Å². The summed E-state index contributed by atoms with van der Waals surface area (Å²) in [5, 5.41) is 9.94. The number of ether oxygens (including phenoxy) is 1. The summed E-state index contributed by atoms with van der Waals surface area (Å²) in [6.07, 6.45) is -9.27. The Labute approximate surface area is 136 Å². The molecule has 0 aliphatic rings. The maximum absolute atomic E-state index is 13.6. The molecule has 1 aromatic carbocycles. The van der Waals surface area contributed by atoms with Gasteiger partial charge in [0.25, 0.3) is 0 Å². The van der Waals surface area contributed by atoms with E-state index in [4.69, 9.17) is 4.74 Å². The van der Waals surface area contributed by atoms with E-state index < -0.39 is 41.5 Å². The average molecular weight is 384 g/mol. The fourth-order valence-corrected chi connectivity index (χ4v) is 2.00. The van der Waals surface area contributed by atoms with Crippen molar-refractivity contribution >= 4 is 0 Å². The van der Waals surface area contributed by atoms with Gasteiger partial charge in [-0.15, -0.1) is 0 Å². The van der Waals surface area contributed by atoms with E-state index in [1.165, 1.54) is 7.11 Å². The Bertz CT molecular complexity index is 591. The van der Waals surface area contributed by atoms with E-state index in [0.717, 1.165) is 24.3 Å². The van der Waals surface area contributed by atoms with E-state index in [2.05, 4.69) is 0 Å². The number of hydrogen-bond donors (Lipinski definition) is 1. The molecule has 0 bridgehead atoms. The normalized spacial score (nSPS) is 16.5. The predicted octanol–water partition coefficient (Wildman–Crippen LogP) is 4.76. The van der Waals surface area contributed by atoms with Crippen molar-refractivity contribution in [2.75, 3.05) is 7.11 Å². The van der Waals surface area contributed by atoms with Crippen molar-refractivity contribution in [3.05, 3.63) is 29.8 Å². The van der Waals surface area contributed by atoms with Crippen LogP contribution in [0.2, 0.25) is 0 Å². The lowest BCUT2D eigenvalue weighted by molar-refractivity contribution is -0.400. The third-order valence-electron chi connectivity index (χ3n) is 3.49. The largest absolute Gasteiger partial charge is 0.497 e. The van der Waals surface area contributed by atoms with Gasteiger partial charge >= 0.3 is 23.9 Å². The minimum absolute atomic E-state index is 0.209. The fourth-order valence-electron chi connectivity index (χ4n) is 2.00. The van der Waals surface area contributed by atoms with E-state index in [9.17, 15) is 44.6 Å². The number of hydrogen-bond acceptors (Lipinski definition) is 2. The van der Waals surface area contributed by atoms with Crippen LogP contribution in [-0.4, -0.2) is 36.2 Å². The minimum Gasteiger partial charge on any atom is -0.497 e. The van der Waals surface area contributed by atoms with Crippen LogP contribution in [0.15, 0.2) is 24.3 Å². The van der Waals surface area contributed by atoms with E-state index in [1.54, 1.807) is 0 Å². The second-order valence-corrected chi connectivity index (χ2v) is 5.53. The summed E-state index contributed by atoms with van der Waals surface area (Å²) in [7, 11) is 1.25. The summed E-state index contributed by atoms with van der Waals surface area (Å²) < 4.78 is 120. The SMILES string of the molecule is COc1ccc(C(C)(O)CC(F)(F)C(F)(F)C(F)(F)C(F)(F)F)cc1. The van der Waals surface area contributed by atoms with Gasteiger partial charge < -0.3 is 9.84 Å². The van der Waals surface area contributed by atoms with Crippen LogP contribution in [0.4, 0.5) is 39.5 Å². The Morgan fingerprint density at radius 2 is 1.28 bits per heavy atom. The smallest absolute Gasteiger partial charge is 0.460 e. The molecule has 0 saturated carbocycles. The van der Waals surface area contributed by atoms with Crippen molar-refractivity contribution in [2.24, 2.45) is 0 Å². The molecule has 1 atom stereocenters. The van der Waals surface area contributed by atoms with Crippen molar-refractivity contribution in [3.8, 4) is 5.75 Å². The molecule has 0 amide bonds. The number of methoxy groups -OCH3 is 1. The van der Waals surface area contributed by atoms with E-state index in [1.807, 2.05) is 0 Å². The van der Waals surface area contributed by atoms with Crippen molar-refractivity contribution in [3.63, 3.8) is 0 Å². The van der Waals surface area contributed by atoms with Gasteiger partial charge in [-0.1, -0.05) is 12.1 Å². The highest BCUT2D eigenvalue weighted by atomic mass is 19.4. The second kappa shape index (κ2) is 6.26. The van der Waals surface area contributed by atoms with Gasteiger partial charge in [0.2, 0.25) is 0 Å². The number of halogens is 9. The molecule has 1 N–H and O–H groups in total. The first-order valence-electron chi connectivity index (χ1n) is 6.57. The number of rotatable bonds is 6. The van der Waals surface area contributed by atoms with Crippen LogP contribution in [0, 0.1) is 0 Å². The van der Waals surface area contributed by atoms with E-state index in [0.29, 0.717) is 6.92 Å². The second-order valence-electron chi connectivity index (χ2n) is 5.53. The molecule has 2 nitrogen and oxygen atoms in total. The zero-order chi connectivity index (χ0) is 19.9. The van der Waals surface area contributed by atoms with Gasteiger partial charge in [0.05, 0.1) is 19.1 Å². The molecule has 11 heteroatoms. The van der Waals surface area contributed by atoms with Crippen molar-refractivity contribution < 1.29 is 49.4 Å². The molecule has 0 radical (unpaired) electrons. The van der Waals surface area contributed by atoms with Gasteiger partial charge in [0.15, 0.2) is 0 Å². The van der Waals surface area contributed by atoms with Crippen LogP contribution < -0.4 is 4.74 Å². The molecule has 0 spiro atoms. The molecule has 0 heterocycles. The van der Waals surface area contributed by atoms with Gasteiger partial charge in [0.1, 0.15) is 5.75 Å². The Morgan fingerprint density at radius 1 is 0.840 bits per heavy atom. The summed E-state index contributed by atoms with van der Waals surface area (Å²) in [5.41, 5.74) is -3.22. The van der Waals surface area contributed by atoms with Crippen LogP contribution in [0.25, 0.3) is 0 Å². The number of aliphatic hydroxyl groups is 1. The molecule has 1 unspecified atom stereocenters. The predicted molar refractivity (Wildman–Crippen MR) is 68.1 cm³/mol. The van der Waals surface area contributed by atoms with Crippen molar-refractivity contribution in [2.45, 2.75) is 42.9 Å². The highest BCUT2D eigenvalue weighted by molar-refractivity contribution is 5.30. The van der Waals surface area contributed by atoms with Gasteiger partial charge in [-0.3, -0.25) is 0 Å². The molecule has 0 aromatic heterocycles. The van der Waals surface area contributed by atoms with E-state index >= 15 is 0 Å². The lowest BCUT2D eigenvalue weighted by Gasteiger charge is -2.37. The summed E-state index contributed by atoms with van der Waals surface area (Å²) in [4.78, 5) is 0. The molecule has 0 aliphatic heterocycles. The zero-order valence-electron chi connectivity index (χ0n) is 12.8. The fraction of sp³-hybridized carbons (Fsp3) is 0.571. The topological polar surface area (TPSA) is 29.5 Å². The molecule has 0 saturated heterocycles. The molecule has 144 valence electrons. The molecule has 1 aromatic rings. The standard InChI is InChI=1S/C14H13F9O2/c1-10(24,8-3-5-9(25-2)6-4-8)7-11(15,16)12(17,18)13(19,20)14(21,22)23/h3-6,24H,7H2,1-2H3. The van der Waals surface area contributed by atoms with Gasteiger partial charge in [-0.25, -0.2) is 0 Å². The van der Waals surface area contributed by atoms with Crippen molar-refractivity contribution in [1.82, 2.24) is 0 Å². The maximum Gasteiger partial charge on any atom is 0.460 e. The molecule has 0 aliphatic carbocycles. The van der Waals surface area contributed by atoms with Gasteiger partial charge in [0, 0.05) is 0 Å². The highest BCUT2D eigenvalue weighted by Crippen LogP contribution is 2.55. The van der Waals surface area contributed by atoms with Gasteiger partial charge in [-0.05, 0) is 24.6 Å². The maximum atomic E-state index is 13.6. The Hall–Kier alpha value is -1.65. The summed E-state index contributed by atoms with van der Waals surface area (Å²) in [6, 6.07) is 4.28. The number of benzene rings is 1. The van der Waals surface area contributed by atoms with Crippen LogP contribution in [-0.2, 0) is 5.60 Å². The summed E-state index contributed by atoms with van der Waals surface area (Å²) in [5.74, 6) is -19.4. The Balaban J connectivity index is 3.20. The van der Waals surface area contributed by atoms with E-state index in [-0.39, 0.29) is 5.75 Å². The summed E-state index contributed by atoms with van der Waals surface area (Å²) >= 11 is 0. The molecule has 25 heavy (non-hydrogen) atoms. The lowest BCUT2D eigenvalue weighted by Crippen LogP contribution is -2.62. The summed E-state index contributed by atoms with van der Waals surface area (Å²) in [6.45, 7) is 0.588. The Kier molecular flexibility index (Phi) is 5.35. The first-order valence-corrected chi connectivity index (χ1v) is 6.57. The molecular formula is C14H13F9O2. The third-order valence-corrected chi connectivity index (χ3v) is 3.49. The molecular weight excluding hydrogens is 371 g/mol. The molecule has 0 fully saturated rings. The Morgan fingerprint density at radius 3 is 1.64 bits per heavy atom. The quantitative estimate of drug-likeness (QED) is 0.717. The first kappa shape index (κ1) is 21.4.